The van der Waals surface area contributed by atoms with Crippen LogP contribution in [-0.2, 0) is 25.6 Å². The molecule has 0 aliphatic rings. The second kappa shape index (κ2) is 9.90. The van der Waals surface area contributed by atoms with Crippen molar-refractivity contribution in [1.82, 2.24) is 10.1 Å². The molecule has 0 radical (unpaired) electrons. The van der Waals surface area contributed by atoms with Crippen LogP contribution in [0.15, 0.2) is 68.8 Å². The highest BCUT2D eigenvalue weighted by molar-refractivity contribution is 7.92. The number of aryl methyl sites for hydroxylation is 1. The molecular formula is C25H27N3O6S2. The molecule has 0 aliphatic carbocycles. The largest absolute Gasteiger partial charge is 0.445 e. The predicted molar refractivity (Wildman–Crippen MR) is 136 cm³/mol. The summed E-state index contributed by atoms with van der Waals surface area (Å²) in [5, 5.41) is 3.80. The molecule has 0 saturated heterocycles. The molecule has 11 heteroatoms. The lowest BCUT2D eigenvalue weighted by atomic mass is 9.98. The Morgan fingerprint density at radius 1 is 1.00 bits per heavy atom. The predicted octanol–water partition coefficient (Wildman–Crippen LogP) is 4.99. The van der Waals surface area contributed by atoms with Crippen molar-refractivity contribution < 1.29 is 25.8 Å². The first-order valence-electron chi connectivity index (χ1n) is 11.2. The molecule has 36 heavy (non-hydrogen) atoms. The third-order valence-corrected chi connectivity index (χ3v) is 8.91. The first-order chi connectivity index (χ1) is 17.0. The molecule has 0 spiro atoms. The maximum atomic E-state index is 13.4. The number of oxazole rings is 1. The average molecular weight is 530 g/mol. The van der Waals surface area contributed by atoms with E-state index in [2.05, 4.69) is 14.9 Å². The number of nitrogens with one attached hydrogen (secondary N) is 1. The molecule has 1 N–H and O–H groups in total. The van der Waals surface area contributed by atoms with E-state index < -0.39 is 19.9 Å². The lowest BCUT2D eigenvalue weighted by Gasteiger charge is -2.16. The van der Waals surface area contributed by atoms with Crippen molar-refractivity contribution >= 4 is 25.7 Å². The van der Waals surface area contributed by atoms with Crippen molar-refractivity contribution in [2.75, 3.05) is 10.5 Å². The van der Waals surface area contributed by atoms with E-state index in [0.717, 1.165) is 0 Å². The van der Waals surface area contributed by atoms with Crippen LogP contribution in [0.2, 0.25) is 0 Å². The van der Waals surface area contributed by atoms with Gasteiger partial charge < -0.3 is 8.94 Å². The van der Waals surface area contributed by atoms with Crippen molar-refractivity contribution in [3.63, 3.8) is 0 Å². The fraction of sp³-hybridized carbons (Fsp3) is 0.280. The van der Waals surface area contributed by atoms with Gasteiger partial charge in [0.15, 0.2) is 9.84 Å². The number of sulfonamides is 1. The zero-order valence-corrected chi connectivity index (χ0v) is 22.0. The van der Waals surface area contributed by atoms with Crippen LogP contribution in [-0.4, -0.2) is 32.7 Å². The summed E-state index contributed by atoms with van der Waals surface area (Å²) in [6.07, 6.45) is 2.93. The van der Waals surface area contributed by atoms with Gasteiger partial charge in [0.1, 0.15) is 6.26 Å². The van der Waals surface area contributed by atoms with E-state index >= 15 is 0 Å². The molecule has 0 amide bonds. The molecule has 2 heterocycles. The van der Waals surface area contributed by atoms with E-state index in [-0.39, 0.29) is 28.2 Å². The van der Waals surface area contributed by atoms with E-state index in [1.54, 1.807) is 50.2 Å². The molecule has 4 rings (SSSR count). The molecule has 2 aromatic heterocycles. The summed E-state index contributed by atoms with van der Waals surface area (Å²) in [6.45, 7) is 7.09. The number of sulfone groups is 1. The van der Waals surface area contributed by atoms with Gasteiger partial charge in [0.25, 0.3) is 10.0 Å². The topological polar surface area (TPSA) is 132 Å². The van der Waals surface area contributed by atoms with Crippen LogP contribution in [0.1, 0.15) is 30.7 Å². The fourth-order valence-electron chi connectivity index (χ4n) is 3.89. The lowest BCUT2D eigenvalue weighted by molar-refractivity contribution is 0.430. The second-order valence-corrected chi connectivity index (χ2v) is 12.7. The molecule has 0 aliphatic heterocycles. The quantitative estimate of drug-likeness (QED) is 0.321. The molecule has 190 valence electrons. The minimum atomic E-state index is -4.10. The summed E-state index contributed by atoms with van der Waals surface area (Å²) in [5.74, 6) is 0.0429. The number of rotatable bonds is 9. The molecule has 0 bridgehead atoms. The zero-order valence-electron chi connectivity index (χ0n) is 20.3. The Labute approximate surface area is 210 Å². The van der Waals surface area contributed by atoms with Crippen molar-refractivity contribution in [2.24, 2.45) is 5.92 Å². The number of hydrogen-bond donors (Lipinski definition) is 1. The molecule has 0 saturated carbocycles. The van der Waals surface area contributed by atoms with Crippen molar-refractivity contribution in [3.05, 3.63) is 71.7 Å². The SMILES string of the molecule is Cc1noc(NS(=O)(=O)c2ccccc2-c2ccc(-c3ncco3)cc2CS(=O)(=O)CC(C)C)c1C. The van der Waals surface area contributed by atoms with Crippen LogP contribution in [0.3, 0.4) is 0 Å². The Bertz CT molecular complexity index is 1590. The summed E-state index contributed by atoms with van der Waals surface area (Å²) in [6, 6.07) is 11.5. The number of benzene rings is 2. The zero-order chi connectivity index (χ0) is 26.1. The minimum absolute atomic E-state index is 0.00128. The number of hydrogen-bond acceptors (Lipinski definition) is 8. The Morgan fingerprint density at radius 3 is 2.39 bits per heavy atom. The normalized spacial score (nSPS) is 12.2. The van der Waals surface area contributed by atoms with E-state index in [4.69, 9.17) is 8.94 Å². The van der Waals surface area contributed by atoms with Crippen LogP contribution in [0, 0.1) is 19.8 Å². The average Bonchev–Trinajstić information content (AvgIpc) is 3.44. The van der Waals surface area contributed by atoms with E-state index in [1.807, 2.05) is 13.8 Å². The van der Waals surface area contributed by atoms with Gasteiger partial charge in [0.2, 0.25) is 11.8 Å². The van der Waals surface area contributed by atoms with Gasteiger partial charge in [0, 0.05) is 16.7 Å². The van der Waals surface area contributed by atoms with Crippen molar-refractivity contribution in [3.8, 4) is 22.6 Å². The maximum absolute atomic E-state index is 13.4. The summed E-state index contributed by atoms with van der Waals surface area (Å²) in [7, 11) is -7.59. The van der Waals surface area contributed by atoms with Gasteiger partial charge in [-0.25, -0.2) is 26.5 Å². The Kier molecular flexibility index (Phi) is 7.05. The third kappa shape index (κ3) is 5.52. The first kappa shape index (κ1) is 25.6. The molecule has 0 atom stereocenters. The van der Waals surface area contributed by atoms with Crippen LogP contribution in [0.5, 0.6) is 0 Å². The molecule has 4 aromatic rings. The van der Waals surface area contributed by atoms with Crippen molar-refractivity contribution in [1.29, 1.82) is 0 Å². The highest BCUT2D eigenvalue weighted by Crippen LogP contribution is 2.35. The van der Waals surface area contributed by atoms with Gasteiger partial charge in [-0.3, -0.25) is 0 Å². The molecule has 0 unspecified atom stereocenters. The van der Waals surface area contributed by atoms with Crippen molar-refractivity contribution in [2.45, 2.75) is 38.3 Å². The first-order valence-corrected chi connectivity index (χ1v) is 14.6. The van der Waals surface area contributed by atoms with Gasteiger partial charge >= 0.3 is 0 Å². The summed E-state index contributed by atoms with van der Waals surface area (Å²) in [5.41, 5.74) is 3.01. The van der Waals surface area contributed by atoms with Gasteiger partial charge in [-0.15, -0.1) is 0 Å². The van der Waals surface area contributed by atoms with Gasteiger partial charge in [-0.05, 0) is 49.1 Å². The lowest BCUT2D eigenvalue weighted by Crippen LogP contribution is -2.16. The van der Waals surface area contributed by atoms with E-state index in [0.29, 0.717) is 39.4 Å². The monoisotopic (exact) mass is 529 g/mol. The third-order valence-electron chi connectivity index (χ3n) is 5.60. The summed E-state index contributed by atoms with van der Waals surface area (Å²) >= 11 is 0. The van der Waals surface area contributed by atoms with E-state index in [9.17, 15) is 16.8 Å². The highest BCUT2D eigenvalue weighted by atomic mass is 32.2. The fourth-order valence-corrected chi connectivity index (χ4v) is 7.01. The molecule has 2 aromatic carbocycles. The maximum Gasteiger partial charge on any atom is 0.264 e. The molecular weight excluding hydrogens is 502 g/mol. The van der Waals surface area contributed by atoms with Crippen LogP contribution >= 0.6 is 0 Å². The molecule has 0 fully saturated rings. The second-order valence-electron chi connectivity index (χ2n) is 8.98. The van der Waals surface area contributed by atoms with Crippen LogP contribution < -0.4 is 4.72 Å². The van der Waals surface area contributed by atoms with Crippen LogP contribution in [0.4, 0.5) is 5.88 Å². The highest BCUT2D eigenvalue weighted by Gasteiger charge is 2.25. The summed E-state index contributed by atoms with van der Waals surface area (Å²) < 4.78 is 65.7. The number of nitrogens with zero attached hydrogens (tertiary/aromatic N) is 2. The summed E-state index contributed by atoms with van der Waals surface area (Å²) in [4.78, 5) is 4.13. The minimum Gasteiger partial charge on any atom is -0.445 e. The Balaban J connectivity index is 1.84. The number of anilines is 1. The Hall–Kier alpha value is -3.44. The van der Waals surface area contributed by atoms with Crippen LogP contribution in [0.25, 0.3) is 22.6 Å². The van der Waals surface area contributed by atoms with Gasteiger partial charge in [-0.1, -0.05) is 43.3 Å². The van der Waals surface area contributed by atoms with Gasteiger partial charge in [-0.2, -0.15) is 0 Å². The van der Waals surface area contributed by atoms with E-state index in [1.165, 1.54) is 18.5 Å². The Morgan fingerprint density at radius 2 is 1.75 bits per heavy atom. The standard InChI is InChI=1S/C25H27N3O6S2/c1-16(2)14-35(29,30)15-20-13-19(25-26-11-12-33-25)9-10-21(20)22-7-5-6-8-23(22)36(31,32)28-24-17(3)18(4)27-34-24/h5-13,16,28H,14-15H2,1-4H3. The number of aromatic nitrogens is 2. The smallest absolute Gasteiger partial charge is 0.264 e. The molecule has 9 nitrogen and oxygen atoms in total. The van der Waals surface area contributed by atoms with Gasteiger partial charge in [0.05, 0.1) is 28.3 Å².